The van der Waals surface area contributed by atoms with Gasteiger partial charge in [0.05, 0.1) is 6.61 Å². The predicted octanol–water partition coefficient (Wildman–Crippen LogP) is 2.13. The van der Waals surface area contributed by atoms with E-state index in [4.69, 9.17) is 0 Å². The molecular weight excluding hydrogens is 218 g/mol. The summed E-state index contributed by atoms with van der Waals surface area (Å²) in [7, 11) is 0. The van der Waals surface area contributed by atoms with Gasteiger partial charge >= 0.3 is 11.9 Å². The SMILES string of the molecule is CCOC(=O)C(F)(F)C(O)C1CCCCC1. The average molecular weight is 236 g/mol. The smallest absolute Gasteiger partial charge is 0.379 e. The Morgan fingerprint density at radius 2 is 2.00 bits per heavy atom. The summed E-state index contributed by atoms with van der Waals surface area (Å²) >= 11 is 0. The maximum Gasteiger partial charge on any atom is 0.379 e. The van der Waals surface area contributed by atoms with Crippen molar-refractivity contribution in [3.63, 3.8) is 0 Å². The Labute approximate surface area is 93.8 Å². The van der Waals surface area contributed by atoms with Gasteiger partial charge in [-0.25, -0.2) is 4.79 Å². The molecule has 0 aromatic carbocycles. The van der Waals surface area contributed by atoms with E-state index < -0.39 is 23.9 Å². The third-order valence-corrected chi connectivity index (χ3v) is 3.02. The van der Waals surface area contributed by atoms with Crippen LogP contribution in [0.2, 0.25) is 0 Å². The molecule has 1 aliphatic carbocycles. The number of rotatable bonds is 4. The van der Waals surface area contributed by atoms with E-state index in [1.807, 2.05) is 0 Å². The van der Waals surface area contributed by atoms with Crippen LogP contribution in [0.4, 0.5) is 8.78 Å². The fourth-order valence-electron chi connectivity index (χ4n) is 2.09. The third kappa shape index (κ3) is 2.90. The van der Waals surface area contributed by atoms with Crippen molar-refractivity contribution in [3.05, 3.63) is 0 Å². The quantitative estimate of drug-likeness (QED) is 0.760. The van der Waals surface area contributed by atoms with E-state index in [1.54, 1.807) is 0 Å². The molecule has 0 heterocycles. The van der Waals surface area contributed by atoms with Crippen LogP contribution in [0.25, 0.3) is 0 Å². The molecule has 16 heavy (non-hydrogen) atoms. The average Bonchev–Trinajstić information content (AvgIpc) is 2.29. The zero-order valence-corrected chi connectivity index (χ0v) is 9.42. The Balaban J connectivity index is 2.61. The van der Waals surface area contributed by atoms with E-state index in [1.165, 1.54) is 6.92 Å². The first-order chi connectivity index (χ1) is 7.50. The lowest BCUT2D eigenvalue weighted by Crippen LogP contribution is -2.47. The lowest BCUT2D eigenvalue weighted by molar-refractivity contribution is -0.195. The van der Waals surface area contributed by atoms with Crippen LogP contribution in [-0.2, 0) is 9.53 Å². The number of esters is 1. The van der Waals surface area contributed by atoms with Gasteiger partial charge < -0.3 is 9.84 Å². The molecule has 0 radical (unpaired) electrons. The fourth-order valence-corrected chi connectivity index (χ4v) is 2.09. The van der Waals surface area contributed by atoms with Crippen LogP contribution in [0.1, 0.15) is 39.0 Å². The van der Waals surface area contributed by atoms with Gasteiger partial charge in [-0.15, -0.1) is 0 Å². The molecule has 0 bridgehead atoms. The number of aliphatic hydroxyl groups is 1. The molecule has 1 atom stereocenters. The summed E-state index contributed by atoms with van der Waals surface area (Å²) in [6.07, 6.45) is 1.87. The van der Waals surface area contributed by atoms with Crippen molar-refractivity contribution in [2.45, 2.75) is 51.1 Å². The van der Waals surface area contributed by atoms with Crippen molar-refractivity contribution in [1.82, 2.24) is 0 Å². The molecule has 1 aliphatic rings. The summed E-state index contributed by atoms with van der Waals surface area (Å²) in [6.45, 7) is 1.35. The van der Waals surface area contributed by atoms with E-state index in [2.05, 4.69) is 4.74 Å². The number of alkyl halides is 2. The van der Waals surface area contributed by atoms with E-state index in [0.717, 1.165) is 19.3 Å². The lowest BCUT2D eigenvalue weighted by Gasteiger charge is -2.30. The minimum atomic E-state index is -3.78. The highest BCUT2D eigenvalue weighted by Crippen LogP contribution is 2.34. The van der Waals surface area contributed by atoms with Crippen molar-refractivity contribution < 1.29 is 23.4 Å². The molecule has 94 valence electrons. The van der Waals surface area contributed by atoms with Crippen LogP contribution in [0.5, 0.6) is 0 Å². The molecule has 1 rings (SSSR count). The molecular formula is C11H18F2O3. The molecule has 0 amide bonds. The van der Waals surface area contributed by atoms with Crippen molar-refractivity contribution in [1.29, 1.82) is 0 Å². The molecule has 0 aliphatic heterocycles. The highest BCUT2D eigenvalue weighted by atomic mass is 19.3. The Hall–Kier alpha value is -0.710. The summed E-state index contributed by atoms with van der Waals surface area (Å²) in [5.74, 6) is -5.89. The maximum absolute atomic E-state index is 13.5. The molecule has 0 aromatic rings. The Morgan fingerprint density at radius 1 is 1.44 bits per heavy atom. The molecule has 1 N–H and O–H groups in total. The van der Waals surface area contributed by atoms with Crippen LogP contribution in [-0.4, -0.2) is 29.7 Å². The lowest BCUT2D eigenvalue weighted by atomic mass is 9.83. The van der Waals surface area contributed by atoms with E-state index in [0.29, 0.717) is 12.8 Å². The number of carbonyl (C=O) groups is 1. The van der Waals surface area contributed by atoms with Crippen LogP contribution in [0.15, 0.2) is 0 Å². The van der Waals surface area contributed by atoms with Gasteiger partial charge in [0, 0.05) is 0 Å². The van der Waals surface area contributed by atoms with Crippen LogP contribution in [0, 0.1) is 5.92 Å². The second kappa shape index (κ2) is 5.57. The van der Waals surface area contributed by atoms with Gasteiger partial charge in [0.2, 0.25) is 0 Å². The topological polar surface area (TPSA) is 46.5 Å². The van der Waals surface area contributed by atoms with Gasteiger partial charge in [0.15, 0.2) is 0 Å². The zero-order valence-electron chi connectivity index (χ0n) is 9.42. The molecule has 3 nitrogen and oxygen atoms in total. The second-order valence-corrected chi connectivity index (χ2v) is 4.19. The van der Waals surface area contributed by atoms with Crippen LogP contribution < -0.4 is 0 Å². The maximum atomic E-state index is 13.5. The Kier molecular flexibility index (Phi) is 4.65. The second-order valence-electron chi connectivity index (χ2n) is 4.19. The van der Waals surface area contributed by atoms with E-state index >= 15 is 0 Å². The van der Waals surface area contributed by atoms with Crippen LogP contribution in [0.3, 0.4) is 0 Å². The van der Waals surface area contributed by atoms with Crippen molar-refractivity contribution in [3.8, 4) is 0 Å². The standard InChI is InChI=1S/C11H18F2O3/c1-2-16-10(15)11(12,13)9(14)8-6-4-3-5-7-8/h8-9,14H,2-7H2,1H3. The normalized spacial score (nSPS) is 20.5. The monoisotopic (exact) mass is 236 g/mol. The highest BCUT2D eigenvalue weighted by Gasteiger charge is 2.51. The van der Waals surface area contributed by atoms with Gasteiger partial charge in [-0.1, -0.05) is 19.3 Å². The summed E-state index contributed by atoms with van der Waals surface area (Å²) in [5, 5.41) is 9.55. The number of hydrogen-bond acceptors (Lipinski definition) is 3. The first kappa shape index (κ1) is 13.4. The first-order valence-corrected chi connectivity index (χ1v) is 5.73. The minimum Gasteiger partial charge on any atom is -0.461 e. The summed E-state index contributed by atoms with van der Waals surface area (Å²) in [4.78, 5) is 11.0. The number of halogens is 2. The third-order valence-electron chi connectivity index (χ3n) is 3.02. The molecule has 1 saturated carbocycles. The van der Waals surface area contributed by atoms with Gasteiger partial charge in [0.25, 0.3) is 0 Å². The van der Waals surface area contributed by atoms with Gasteiger partial charge in [0.1, 0.15) is 6.10 Å². The number of hydrogen-bond donors (Lipinski definition) is 1. The summed E-state index contributed by atoms with van der Waals surface area (Å²) in [5.41, 5.74) is 0. The van der Waals surface area contributed by atoms with Gasteiger partial charge in [-0.2, -0.15) is 8.78 Å². The Bertz CT molecular complexity index is 237. The summed E-state index contributed by atoms with van der Waals surface area (Å²) < 4.78 is 31.2. The van der Waals surface area contributed by atoms with Crippen molar-refractivity contribution >= 4 is 5.97 Å². The zero-order chi connectivity index (χ0) is 12.2. The number of carbonyl (C=O) groups excluding carboxylic acids is 1. The van der Waals surface area contributed by atoms with E-state index in [-0.39, 0.29) is 6.61 Å². The van der Waals surface area contributed by atoms with E-state index in [9.17, 15) is 18.7 Å². The number of aliphatic hydroxyl groups excluding tert-OH is 1. The highest BCUT2D eigenvalue weighted by molar-refractivity contribution is 5.78. The van der Waals surface area contributed by atoms with Gasteiger partial charge in [-0.05, 0) is 25.7 Å². The predicted molar refractivity (Wildman–Crippen MR) is 54.2 cm³/mol. The Morgan fingerprint density at radius 3 is 2.50 bits per heavy atom. The molecule has 1 fully saturated rings. The fraction of sp³-hybridized carbons (Fsp3) is 0.909. The molecule has 0 aromatic heterocycles. The molecule has 0 spiro atoms. The van der Waals surface area contributed by atoms with Gasteiger partial charge in [-0.3, -0.25) is 0 Å². The molecule has 1 unspecified atom stereocenters. The molecule has 5 heteroatoms. The van der Waals surface area contributed by atoms with Crippen molar-refractivity contribution in [2.24, 2.45) is 5.92 Å². The van der Waals surface area contributed by atoms with Crippen LogP contribution >= 0.6 is 0 Å². The number of ether oxygens (including phenoxy) is 1. The largest absolute Gasteiger partial charge is 0.461 e. The summed E-state index contributed by atoms with van der Waals surface area (Å²) in [6, 6.07) is 0. The molecule has 0 saturated heterocycles. The van der Waals surface area contributed by atoms with Crippen molar-refractivity contribution in [2.75, 3.05) is 6.61 Å². The minimum absolute atomic E-state index is 0.105. The first-order valence-electron chi connectivity index (χ1n) is 5.73.